The molecule has 0 unspecified atom stereocenters. The zero-order valence-electron chi connectivity index (χ0n) is 12.6. The Morgan fingerprint density at radius 2 is 2.00 bits per heavy atom. The molecule has 5 nitrogen and oxygen atoms in total. The summed E-state index contributed by atoms with van der Waals surface area (Å²) in [6.45, 7) is 3.53. The van der Waals surface area contributed by atoms with Crippen molar-refractivity contribution in [3.8, 4) is 0 Å². The Bertz CT molecular complexity index is 714. The molecule has 1 amide bonds. The Labute approximate surface area is 129 Å². The number of hydrogen-bond acceptors (Lipinski definition) is 3. The summed E-state index contributed by atoms with van der Waals surface area (Å²) < 4.78 is 53.2. The molecule has 0 fully saturated rings. The number of aromatic nitrogens is 3. The minimum atomic E-state index is -2.99. The third-order valence-electron chi connectivity index (χ3n) is 3.25. The lowest BCUT2D eigenvalue weighted by Gasteiger charge is -2.08. The van der Waals surface area contributed by atoms with E-state index in [1.165, 1.54) is 6.92 Å². The molecule has 0 saturated heterocycles. The normalized spacial score (nSPS) is 11.7. The zero-order valence-corrected chi connectivity index (χ0v) is 12.6. The SMILES string of the molecule is CCCNC(=O)Cn1nc(C)c2c(C(F)F)cc(C(F)F)nc21. The first-order valence-corrected chi connectivity index (χ1v) is 7.06. The van der Waals surface area contributed by atoms with Gasteiger partial charge in [-0.15, -0.1) is 0 Å². The molecular formula is C14H16F4N4O. The first-order valence-electron chi connectivity index (χ1n) is 7.06. The van der Waals surface area contributed by atoms with E-state index < -0.39 is 24.1 Å². The first kappa shape index (κ1) is 17.2. The van der Waals surface area contributed by atoms with E-state index in [4.69, 9.17) is 0 Å². The highest BCUT2D eigenvalue weighted by atomic mass is 19.3. The number of nitrogens with one attached hydrogen (secondary N) is 1. The van der Waals surface area contributed by atoms with Gasteiger partial charge in [-0.05, 0) is 19.4 Å². The Hall–Kier alpha value is -2.19. The molecule has 2 rings (SSSR count). The van der Waals surface area contributed by atoms with Gasteiger partial charge in [0.15, 0.2) is 5.65 Å². The van der Waals surface area contributed by atoms with Gasteiger partial charge in [-0.3, -0.25) is 4.79 Å². The molecule has 126 valence electrons. The molecule has 2 aromatic rings. The van der Waals surface area contributed by atoms with Crippen LogP contribution in [0.15, 0.2) is 6.07 Å². The Morgan fingerprint density at radius 3 is 2.57 bits per heavy atom. The molecule has 9 heteroatoms. The maximum absolute atomic E-state index is 13.2. The van der Waals surface area contributed by atoms with Gasteiger partial charge in [0.25, 0.3) is 12.9 Å². The highest BCUT2D eigenvalue weighted by molar-refractivity contribution is 5.84. The van der Waals surface area contributed by atoms with Gasteiger partial charge in [0.1, 0.15) is 12.2 Å². The fraction of sp³-hybridized carbons (Fsp3) is 0.500. The van der Waals surface area contributed by atoms with Crippen molar-refractivity contribution in [2.45, 2.75) is 39.7 Å². The highest BCUT2D eigenvalue weighted by Gasteiger charge is 2.23. The maximum Gasteiger partial charge on any atom is 0.280 e. The number of alkyl halides is 4. The molecule has 23 heavy (non-hydrogen) atoms. The van der Waals surface area contributed by atoms with Crippen LogP contribution in [0.1, 0.15) is 43.1 Å². The second kappa shape index (κ2) is 6.93. The van der Waals surface area contributed by atoms with Crippen LogP contribution in [0.5, 0.6) is 0 Å². The number of carbonyl (C=O) groups excluding carboxylic acids is 1. The molecule has 0 aliphatic carbocycles. The van der Waals surface area contributed by atoms with E-state index in [1.54, 1.807) is 0 Å². The first-order chi connectivity index (χ1) is 10.8. The van der Waals surface area contributed by atoms with Crippen molar-refractivity contribution in [1.82, 2.24) is 20.1 Å². The lowest BCUT2D eigenvalue weighted by molar-refractivity contribution is -0.121. The third kappa shape index (κ3) is 3.59. The van der Waals surface area contributed by atoms with Gasteiger partial charge in [0.05, 0.1) is 11.1 Å². The number of pyridine rings is 1. The molecular weight excluding hydrogens is 316 g/mol. The van der Waals surface area contributed by atoms with Gasteiger partial charge in [-0.2, -0.15) is 5.10 Å². The van der Waals surface area contributed by atoms with E-state index in [0.717, 1.165) is 11.1 Å². The van der Waals surface area contributed by atoms with Crippen LogP contribution in [-0.2, 0) is 11.3 Å². The number of carbonyl (C=O) groups is 1. The van der Waals surface area contributed by atoms with Crippen molar-refractivity contribution in [3.63, 3.8) is 0 Å². The highest BCUT2D eigenvalue weighted by Crippen LogP contribution is 2.32. The van der Waals surface area contributed by atoms with Gasteiger partial charge in [0, 0.05) is 12.1 Å². The summed E-state index contributed by atoms with van der Waals surface area (Å²) in [6, 6.07) is 0.688. The average Bonchev–Trinajstić information content (AvgIpc) is 2.80. The van der Waals surface area contributed by atoms with Crippen LogP contribution in [-0.4, -0.2) is 27.2 Å². The van der Waals surface area contributed by atoms with E-state index in [2.05, 4.69) is 15.4 Å². The molecule has 1 N–H and O–H groups in total. The Balaban J connectivity index is 2.52. The lowest BCUT2D eigenvalue weighted by atomic mass is 10.1. The minimum Gasteiger partial charge on any atom is -0.355 e. The smallest absolute Gasteiger partial charge is 0.280 e. The summed E-state index contributed by atoms with van der Waals surface area (Å²) >= 11 is 0. The van der Waals surface area contributed by atoms with Crippen LogP contribution in [0.3, 0.4) is 0 Å². The number of rotatable bonds is 6. The largest absolute Gasteiger partial charge is 0.355 e. The number of hydrogen-bond donors (Lipinski definition) is 1. The molecule has 2 heterocycles. The van der Waals surface area contributed by atoms with Gasteiger partial charge in [0.2, 0.25) is 5.91 Å². The van der Waals surface area contributed by atoms with E-state index in [9.17, 15) is 22.4 Å². The van der Waals surface area contributed by atoms with E-state index in [1.807, 2.05) is 6.92 Å². The topological polar surface area (TPSA) is 59.8 Å². The summed E-state index contributed by atoms with van der Waals surface area (Å²) in [5.74, 6) is -0.390. The number of fused-ring (bicyclic) bond motifs is 1. The van der Waals surface area contributed by atoms with Crippen molar-refractivity contribution in [3.05, 3.63) is 23.0 Å². The monoisotopic (exact) mass is 332 g/mol. The Morgan fingerprint density at radius 1 is 1.30 bits per heavy atom. The van der Waals surface area contributed by atoms with Crippen LogP contribution in [0.25, 0.3) is 11.0 Å². The second-order valence-electron chi connectivity index (χ2n) is 5.03. The molecule has 0 bridgehead atoms. The molecule has 0 radical (unpaired) electrons. The van der Waals surface area contributed by atoms with Crippen LogP contribution >= 0.6 is 0 Å². The van der Waals surface area contributed by atoms with Crippen LogP contribution in [0.4, 0.5) is 17.6 Å². The van der Waals surface area contributed by atoms with Gasteiger partial charge >= 0.3 is 0 Å². The molecule has 0 atom stereocenters. The molecule has 0 spiro atoms. The van der Waals surface area contributed by atoms with Crippen LogP contribution in [0.2, 0.25) is 0 Å². The molecule has 0 saturated carbocycles. The van der Waals surface area contributed by atoms with Gasteiger partial charge in [-0.1, -0.05) is 6.92 Å². The van der Waals surface area contributed by atoms with Crippen molar-refractivity contribution < 1.29 is 22.4 Å². The average molecular weight is 332 g/mol. The standard InChI is InChI=1S/C14H16F4N4O/c1-3-4-19-10(23)6-22-14-11(7(2)21-22)8(12(15)16)5-9(20-14)13(17)18/h5,12-13H,3-4,6H2,1-2H3,(H,19,23). The van der Waals surface area contributed by atoms with E-state index in [0.29, 0.717) is 12.6 Å². The van der Waals surface area contributed by atoms with E-state index >= 15 is 0 Å². The number of halogens is 4. The zero-order chi connectivity index (χ0) is 17.1. The summed E-state index contributed by atoms with van der Waals surface area (Å²) in [7, 11) is 0. The summed E-state index contributed by atoms with van der Waals surface area (Å²) in [5, 5.41) is 6.61. The minimum absolute atomic E-state index is 0.00712. The maximum atomic E-state index is 13.2. The predicted octanol–water partition coefficient (Wildman–Crippen LogP) is 3.14. The summed E-state index contributed by atoms with van der Waals surface area (Å²) in [6.07, 6.45) is -5.20. The van der Waals surface area contributed by atoms with Crippen LogP contribution in [0, 0.1) is 6.92 Å². The molecule has 0 aromatic carbocycles. The third-order valence-corrected chi connectivity index (χ3v) is 3.25. The fourth-order valence-corrected chi connectivity index (χ4v) is 2.26. The summed E-state index contributed by atoms with van der Waals surface area (Å²) in [4.78, 5) is 15.5. The molecule has 0 aliphatic rings. The van der Waals surface area contributed by atoms with Crippen LogP contribution < -0.4 is 5.32 Å². The van der Waals surface area contributed by atoms with Gasteiger partial charge in [-0.25, -0.2) is 27.2 Å². The van der Waals surface area contributed by atoms with Crippen molar-refractivity contribution in [2.24, 2.45) is 0 Å². The summed E-state index contributed by atoms with van der Waals surface area (Å²) in [5.41, 5.74) is -1.24. The second-order valence-corrected chi connectivity index (χ2v) is 5.03. The lowest BCUT2D eigenvalue weighted by Crippen LogP contribution is -2.28. The Kier molecular flexibility index (Phi) is 5.17. The number of nitrogens with zero attached hydrogens (tertiary/aromatic N) is 3. The number of amides is 1. The van der Waals surface area contributed by atoms with Crippen molar-refractivity contribution in [1.29, 1.82) is 0 Å². The fourth-order valence-electron chi connectivity index (χ4n) is 2.26. The van der Waals surface area contributed by atoms with Crippen molar-refractivity contribution in [2.75, 3.05) is 6.54 Å². The number of aryl methyl sites for hydroxylation is 1. The molecule has 2 aromatic heterocycles. The van der Waals surface area contributed by atoms with Crippen molar-refractivity contribution >= 4 is 16.9 Å². The van der Waals surface area contributed by atoms with E-state index in [-0.39, 0.29) is 29.2 Å². The quantitative estimate of drug-likeness (QED) is 0.827. The molecule has 0 aliphatic heterocycles. The van der Waals surface area contributed by atoms with Gasteiger partial charge < -0.3 is 5.32 Å². The predicted molar refractivity (Wildman–Crippen MR) is 75.5 cm³/mol.